The Hall–Kier alpha value is -1.78. The second-order valence-corrected chi connectivity index (χ2v) is 5.12. The summed E-state index contributed by atoms with van der Waals surface area (Å²) in [5.74, 6) is -0.638. The minimum absolute atomic E-state index is 0.0256. The third-order valence-electron chi connectivity index (χ3n) is 3.70. The summed E-state index contributed by atoms with van der Waals surface area (Å²) in [6.45, 7) is 3.81. The molecule has 2 rings (SSSR count). The number of carbonyl (C=O) groups is 1. The summed E-state index contributed by atoms with van der Waals surface area (Å²) in [5, 5.41) is 12.9. The average Bonchev–Trinajstić information content (AvgIpc) is 2.38. The molecule has 0 spiro atoms. The number of fused-ring (bicyclic) bond motifs is 1. The lowest BCUT2D eigenvalue weighted by molar-refractivity contribution is 0.0934. The molecule has 0 fully saturated rings. The Bertz CT molecular complexity index is 548. The van der Waals surface area contributed by atoms with Crippen molar-refractivity contribution in [3.63, 3.8) is 0 Å². The van der Waals surface area contributed by atoms with Gasteiger partial charge in [-0.2, -0.15) is 0 Å². The average molecular weight is 264 g/mol. The number of rotatable bonds is 3. The van der Waals surface area contributed by atoms with Crippen molar-refractivity contribution in [1.82, 2.24) is 10.3 Å². The summed E-state index contributed by atoms with van der Waals surface area (Å²) in [6.07, 6.45) is 4.21. The molecule has 0 unspecified atom stereocenters. The lowest BCUT2D eigenvalue weighted by Crippen LogP contribution is -2.36. The van der Waals surface area contributed by atoms with Crippen molar-refractivity contribution in [2.24, 2.45) is 0 Å². The van der Waals surface area contributed by atoms with Gasteiger partial charge in [0.15, 0.2) is 0 Å². The highest BCUT2D eigenvalue weighted by Crippen LogP contribution is 2.28. The maximum Gasteiger partial charge on any atom is 0.264 e. The number of aryl methyl sites for hydroxylation is 1. The summed E-state index contributed by atoms with van der Waals surface area (Å²) in [7, 11) is 0. The zero-order chi connectivity index (χ0) is 14.0. The van der Waals surface area contributed by atoms with Gasteiger partial charge in [0.05, 0.1) is 0 Å². The van der Waals surface area contributed by atoms with E-state index in [-0.39, 0.29) is 17.4 Å². The largest absolute Gasteiger partial charge is 0.507 e. The van der Waals surface area contributed by atoms with Gasteiger partial charge in [-0.25, -0.2) is 0 Å². The maximum atomic E-state index is 12.1. The number of hydrogen-bond donors (Lipinski definition) is 3. The Labute approximate surface area is 112 Å². The van der Waals surface area contributed by atoms with Crippen molar-refractivity contribution >= 4 is 5.91 Å². The number of amides is 1. The van der Waals surface area contributed by atoms with Gasteiger partial charge in [0.1, 0.15) is 11.3 Å². The summed E-state index contributed by atoms with van der Waals surface area (Å²) in [5.41, 5.74) is 0.842. The van der Waals surface area contributed by atoms with Crippen molar-refractivity contribution in [3.05, 3.63) is 27.2 Å². The molecule has 104 valence electrons. The Morgan fingerprint density at radius 2 is 2.11 bits per heavy atom. The fourth-order valence-corrected chi connectivity index (χ4v) is 2.37. The van der Waals surface area contributed by atoms with Crippen LogP contribution in [0.2, 0.25) is 0 Å². The molecule has 1 aliphatic carbocycles. The van der Waals surface area contributed by atoms with E-state index < -0.39 is 11.5 Å². The SMILES string of the molecule is CC[C@H](C)NC(=O)c1c(O)c2c([nH]c1=O)CCCC2. The zero-order valence-corrected chi connectivity index (χ0v) is 11.4. The molecule has 0 saturated heterocycles. The minimum Gasteiger partial charge on any atom is -0.507 e. The van der Waals surface area contributed by atoms with E-state index in [0.29, 0.717) is 6.42 Å². The van der Waals surface area contributed by atoms with Crippen LogP contribution in [0, 0.1) is 0 Å². The molecule has 1 aromatic rings. The minimum atomic E-state index is -0.501. The molecular weight excluding hydrogens is 244 g/mol. The second-order valence-electron chi connectivity index (χ2n) is 5.12. The first-order valence-corrected chi connectivity index (χ1v) is 6.82. The highest BCUT2D eigenvalue weighted by molar-refractivity contribution is 5.97. The van der Waals surface area contributed by atoms with E-state index in [0.717, 1.165) is 36.9 Å². The van der Waals surface area contributed by atoms with E-state index in [1.807, 2.05) is 13.8 Å². The van der Waals surface area contributed by atoms with Crippen molar-refractivity contribution in [3.8, 4) is 5.75 Å². The van der Waals surface area contributed by atoms with E-state index in [4.69, 9.17) is 0 Å². The van der Waals surface area contributed by atoms with Crippen LogP contribution in [0.3, 0.4) is 0 Å². The van der Waals surface area contributed by atoms with Crippen molar-refractivity contribution in [2.45, 2.75) is 52.0 Å². The van der Waals surface area contributed by atoms with Crippen molar-refractivity contribution in [1.29, 1.82) is 0 Å². The number of aromatic amines is 1. The Kier molecular flexibility index (Phi) is 3.93. The number of pyridine rings is 1. The number of hydrogen-bond acceptors (Lipinski definition) is 3. The van der Waals surface area contributed by atoms with Crippen LogP contribution in [0.4, 0.5) is 0 Å². The molecule has 0 aromatic carbocycles. The van der Waals surface area contributed by atoms with Gasteiger partial charge >= 0.3 is 0 Å². The monoisotopic (exact) mass is 264 g/mol. The number of H-pyrrole nitrogens is 1. The topological polar surface area (TPSA) is 82.2 Å². The van der Waals surface area contributed by atoms with Crippen molar-refractivity contribution < 1.29 is 9.90 Å². The van der Waals surface area contributed by atoms with Gasteiger partial charge in [-0.15, -0.1) is 0 Å². The molecule has 0 aliphatic heterocycles. The van der Waals surface area contributed by atoms with Crippen LogP contribution in [0.5, 0.6) is 5.75 Å². The molecular formula is C14H20N2O3. The molecule has 19 heavy (non-hydrogen) atoms. The first-order valence-electron chi connectivity index (χ1n) is 6.82. The zero-order valence-electron chi connectivity index (χ0n) is 11.4. The molecule has 3 N–H and O–H groups in total. The molecule has 5 heteroatoms. The normalized spacial score (nSPS) is 15.7. The third-order valence-corrected chi connectivity index (χ3v) is 3.70. The van der Waals surface area contributed by atoms with E-state index in [9.17, 15) is 14.7 Å². The van der Waals surface area contributed by atoms with Gasteiger partial charge in [-0.05, 0) is 39.0 Å². The molecule has 1 aliphatic rings. The van der Waals surface area contributed by atoms with Gasteiger partial charge in [0.2, 0.25) is 0 Å². The molecule has 1 amide bonds. The fourth-order valence-electron chi connectivity index (χ4n) is 2.37. The third kappa shape index (κ3) is 2.64. The summed E-state index contributed by atoms with van der Waals surface area (Å²) in [6, 6.07) is -0.0256. The Morgan fingerprint density at radius 1 is 1.42 bits per heavy atom. The van der Waals surface area contributed by atoms with Gasteiger partial charge in [0.25, 0.3) is 11.5 Å². The highest BCUT2D eigenvalue weighted by atomic mass is 16.3. The van der Waals surface area contributed by atoms with Crippen LogP contribution in [0.1, 0.15) is 54.7 Å². The Morgan fingerprint density at radius 3 is 2.79 bits per heavy atom. The number of carbonyl (C=O) groups excluding carboxylic acids is 1. The second kappa shape index (κ2) is 5.47. The van der Waals surface area contributed by atoms with Gasteiger partial charge in [-0.1, -0.05) is 6.92 Å². The standard InChI is InChI=1S/C14H20N2O3/c1-3-8(2)15-13(18)11-12(17)9-6-4-5-7-10(9)16-14(11)19/h8H,3-7H2,1-2H3,(H,15,18)(H2,16,17,19)/t8-/m0/s1. The fraction of sp³-hybridized carbons (Fsp3) is 0.571. The Balaban J connectivity index is 2.41. The molecule has 1 atom stereocenters. The number of nitrogens with one attached hydrogen (secondary N) is 2. The van der Waals surface area contributed by atoms with Gasteiger partial charge in [0, 0.05) is 17.3 Å². The van der Waals surface area contributed by atoms with Gasteiger partial charge in [-0.3, -0.25) is 9.59 Å². The molecule has 0 saturated carbocycles. The van der Waals surface area contributed by atoms with Crippen LogP contribution in [0.15, 0.2) is 4.79 Å². The molecule has 1 aromatic heterocycles. The van der Waals surface area contributed by atoms with Crippen molar-refractivity contribution in [2.75, 3.05) is 0 Å². The smallest absolute Gasteiger partial charge is 0.264 e. The van der Waals surface area contributed by atoms with E-state index >= 15 is 0 Å². The summed E-state index contributed by atoms with van der Waals surface area (Å²) in [4.78, 5) is 26.7. The number of aromatic nitrogens is 1. The van der Waals surface area contributed by atoms with E-state index in [1.54, 1.807) is 0 Å². The summed E-state index contributed by atoms with van der Waals surface area (Å²) < 4.78 is 0. The summed E-state index contributed by atoms with van der Waals surface area (Å²) >= 11 is 0. The number of aromatic hydroxyl groups is 1. The van der Waals surface area contributed by atoms with Crippen LogP contribution in [-0.2, 0) is 12.8 Å². The lowest BCUT2D eigenvalue weighted by atomic mass is 9.93. The molecule has 1 heterocycles. The van der Waals surface area contributed by atoms with Crippen LogP contribution in [-0.4, -0.2) is 22.0 Å². The highest BCUT2D eigenvalue weighted by Gasteiger charge is 2.24. The lowest BCUT2D eigenvalue weighted by Gasteiger charge is -2.19. The maximum absolute atomic E-state index is 12.1. The van der Waals surface area contributed by atoms with Crippen LogP contribution < -0.4 is 10.9 Å². The quantitative estimate of drug-likeness (QED) is 0.773. The van der Waals surface area contributed by atoms with Gasteiger partial charge < -0.3 is 15.4 Å². The first kappa shape index (κ1) is 13.6. The predicted molar refractivity (Wildman–Crippen MR) is 72.6 cm³/mol. The van der Waals surface area contributed by atoms with E-state index in [1.165, 1.54) is 0 Å². The van der Waals surface area contributed by atoms with E-state index in [2.05, 4.69) is 10.3 Å². The molecule has 5 nitrogen and oxygen atoms in total. The first-order chi connectivity index (χ1) is 9.04. The molecule has 0 radical (unpaired) electrons. The van der Waals surface area contributed by atoms with Crippen LogP contribution in [0.25, 0.3) is 0 Å². The molecule has 0 bridgehead atoms. The predicted octanol–water partition coefficient (Wildman–Crippen LogP) is 1.49. The van der Waals surface area contributed by atoms with Crippen LogP contribution >= 0.6 is 0 Å².